The predicted molar refractivity (Wildman–Crippen MR) is 299 cm³/mol. The molecule has 2 saturated heterocycles. The maximum Gasteiger partial charge on any atom is 0.252 e. The van der Waals surface area contributed by atoms with E-state index < -0.39 is 53.8 Å². The maximum atomic E-state index is 14.0. The SMILES string of the molecule is CC1=CC(C)=C(CNC(=O)c2cc(-c3ccc(N4CCN(CCNC(=O)COCC(=O)N[C@H](C(=O)N5C[C@H](O)C[C@H]5C(=O)NCc5ccc(-c6scnc6C)cc5)C(C)(C)C)CC4)nc3)cc(NC(C)C)c2C=N)C(=O)C1. The van der Waals surface area contributed by atoms with Crippen molar-refractivity contribution in [1.82, 2.24) is 41.0 Å². The van der Waals surface area contributed by atoms with E-state index in [1.54, 1.807) is 49.9 Å². The first-order chi connectivity index (χ1) is 36.7. The molecule has 0 spiro atoms. The number of allylic oxidation sites excluding steroid dienone is 3. The number of carbonyl (C=O) groups excluding carboxylic acids is 6. The molecule has 0 radical (unpaired) electrons. The highest BCUT2D eigenvalue weighted by molar-refractivity contribution is 7.13. The van der Waals surface area contributed by atoms with Crippen molar-refractivity contribution in [3.63, 3.8) is 0 Å². The number of aliphatic hydroxyl groups is 1. The Morgan fingerprint density at radius 3 is 2.25 bits per heavy atom. The van der Waals surface area contributed by atoms with Crippen molar-refractivity contribution in [1.29, 1.82) is 5.41 Å². The van der Waals surface area contributed by atoms with Gasteiger partial charge in [-0.05, 0) is 86.6 Å². The number of ether oxygens (including phenoxy) is 1. The fourth-order valence-corrected chi connectivity index (χ4v) is 10.6. The Bertz CT molecular complexity index is 2880. The molecule has 0 unspecified atom stereocenters. The summed E-state index contributed by atoms with van der Waals surface area (Å²) in [6.45, 7) is 18.4. The Labute approximate surface area is 454 Å². The molecule has 2 aliphatic heterocycles. The number of thiazole rings is 1. The first-order valence-electron chi connectivity index (χ1n) is 26.2. The number of benzene rings is 2. The molecular weight excluding hydrogens is 999 g/mol. The highest BCUT2D eigenvalue weighted by Gasteiger charge is 2.44. The number of rotatable bonds is 21. The number of likely N-dealkylation sites (tertiary alicyclic amines) is 1. The monoisotopic (exact) mass is 1070 g/mol. The molecular formula is C57H73N11O8S. The molecule has 20 heteroatoms. The second kappa shape index (κ2) is 25.8. The van der Waals surface area contributed by atoms with Gasteiger partial charge in [0.15, 0.2) is 5.78 Å². The van der Waals surface area contributed by atoms with Gasteiger partial charge in [0, 0.05) is 113 Å². The van der Waals surface area contributed by atoms with Crippen molar-refractivity contribution in [2.24, 2.45) is 5.41 Å². The van der Waals surface area contributed by atoms with Gasteiger partial charge < -0.3 is 51.6 Å². The summed E-state index contributed by atoms with van der Waals surface area (Å²) in [5.74, 6) is -1.48. The van der Waals surface area contributed by atoms with Gasteiger partial charge in [0.2, 0.25) is 23.6 Å². The molecule has 3 aliphatic rings. The van der Waals surface area contributed by atoms with Crippen molar-refractivity contribution in [2.75, 3.05) is 75.8 Å². The summed E-state index contributed by atoms with van der Waals surface area (Å²) >= 11 is 1.56. The van der Waals surface area contributed by atoms with Crippen molar-refractivity contribution < 1.29 is 38.6 Å². The van der Waals surface area contributed by atoms with Crippen LogP contribution >= 0.6 is 11.3 Å². The number of β-amino-alcohol motifs (C(OH)–C–C–N with tert-alkyl or cyclic N) is 1. The molecule has 2 aromatic carbocycles. The number of aromatic nitrogens is 2. The first kappa shape index (κ1) is 57.6. The Kier molecular flexibility index (Phi) is 19.3. The normalized spacial score (nSPS) is 17.5. The predicted octanol–water partition coefficient (Wildman–Crippen LogP) is 5.03. The zero-order valence-corrected chi connectivity index (χ0v) is 46.2. The molecule has 0 bridgehead atoms. The lowest BCUT2D eigenvalue weighted by Gasteiger charge is -2.35. The number of piperazine rings is 1. The summed E-state index contributed by atoms with van der Waals surface area (Å²) in [6, 6.07) is 13.5. The fourth-order valence-electron chi connectivity index (χ4n) is 9.75. The molecule has 5 amide bonds. The summed E-state index contributed by atoms with van der Waals surface area (Å²) in [6.07, 6.45) is 4.40. The summed E-state index contributed by atoms with van der Waals surface area (Å²) < 4.78 is 5.46. The van der Waals surface area contributed by atoms with Gasteiger partial charge >= 0.3 is 0 Å². The lowest BCUT2D eigenvalue weighted by Crippen LogP contribution is -2.58. The topological polar surface area (TPSA) is 251 Å². The smallest absolute Gasteiger partial charge is 0.252 e. The quantitative estimate of drug-likeness (QED) is 0.0542. The molecule has 7 N–H and O–H groups in total. The van der Waals surface area contributed by atoms with E-state index >= 15 is 0 Å². The molecule has 4 aromatic rings. The van der Waals surface area contributed by atoms with E-state index in [1.807, 2.05) is 83.2 Å². The van der Waals surface area contributed by atoms with E-state index in [1.165, 1.54) is 11.1 Å². The zero-order chi connectivity index (χ0) is 55.6. The second-order valence-corrected chi connectivity index (χ2v) is 22.2. The Hall–Kier alpha value is -7.13. The van der Waals surface area contributed by atoms with E-state index in [2.05, 4.69) is 41.4 Å². The number of nitrogens with zero attached hydrogens (tertiary/aromatic N) is 5. The number of hydrogen-bond acceptors (Lipinski definition) is 15. The minimum Gasteiger partial charge on any atom is -0.391 e. The largest absolute Gasteiger partial charge is 0.391 e. The van der Waals surface area contributed by atoms with Crippen LogP contribution in [0, 0.1) is 17.7 Å². The van der Waals surface area contributed by atoms with E-state index in [0.717, 1.165) is 62.9 Å². The van der Waals surface area contributed by atoms with Gasteiger partial charge in [0.25, 0.3) is 5.91 Å². The van der Waals surface area contributed by atoms with Crippen LogP contribution in [0.25, 0.3) is 21.6 Å². The van der Waals surface area contributed by atoms with Crippen LogP contribution in [-0.4, -0.2) is 156 Å². The van der Waals surface area contributed by atoms with Crippen LogP contribution in [-0.2, 0) is 35.3 Å². The number of hydrogen-bond donors (Lipinski definition) is 7. The van der Waals surface area contributed by atoms with Gasteiger partial charge in [-0.3, -0.25) is 33.7 Å². The second-order valence-electron chi connectivity index (χ2n) is 21.4. The number of aliphatic hydroxyl groups excluding tert-OH is 1. The molecule has 410 valence electrons. The number of nitrogens with one attached hydrogen (secondary N) is 6. The molecule has 0 saturated carbocycles. The van der Waals surface area contributed by atoms with E-state index in [9.17, 15) is 33.9 Å². The van der Waals surface area contributed by atoms with Crippen molar-refractivity contribution in [3.05, 3.63) is 105 Å². The third-order valence-corrected chi connectivity index (χ3v) is 14.8. The number of aryl methyl sites for hydroxylation is 1. The van der Waals surface area contributed by atoms with E-state index in [4.69, 9.17) is 15.1 Å². The summed E-state index contributed by atoms with van der Waals surface area (Å²) in [5.41, 5.74) is 9.25. The van der Waals surface area contributed by atoms with Crippen molar-refractivity contribution in [2.45, 2.75) is 99.0 Å². The van der Waals surface area contributed by atoms with Crippen LogP contribution in [0.5, 0.6) is 0 Å². The van der Waals surface area contributed by atoms with Gasteiger partial charge in [0.1, 0.15) is 31.1 Å². The maximum absolute atomic E-state index is 14.0. The van der Waals surface area contributed by atoms with Gasteiger partial charge in [-0.2, -0.15) is 0 Å². The van der Waals surface area contributed by atoms with Crippen molar-refractivity contribution in [3.8, 4) is 21.6 Å². The minimum atomic E-state index is -1.05. The van der Waals surface area contributed by atoms with Crippen LogP contribution in [0.15, 0.2) is 83.0 Å². The van der Waals surface area contributed by atoms with Gasteiger partial charge in [0.05, 0.1) is 27.7 Å². The molecule has 19 nitrogen and oxygen atoms in total. The van der Waals surface area contributed by atoms with Crippen LogP contribution < -0.4 is 31.5 Å². The minimum absolute atomic E-state index is 0.00536. The number of amides is 5. The fraction of sp³-hybridized carbons (Fsp3) is 0.456. The Morgan fingerprint density at radius 1 is 0.896 bits per heavy atom. The summed E-state index contributed by atoms with van der Waals surface area (Å²) in [4.78, 5) is 95.9. The van der Waals surface area contributed by atoms with Crippen LogP contribution in [0.3, 0.4) is 0 Å². The van der Waals surface area contributed by atoms with Crippen LogP contribution in [0.2, 0.25) is 0 Å². The highest BCUT2D eigenvalue weighted by Crippen LogP contribution is 2.32. The summed E-state index contributed by atoms with van der Waals surface area (Å²) in [5, 5.41) is 33.6. The average molecular weight is 1070 g/mol. The number of anilines is 2. The van der Waals surface area contributed by atoms with Gasteiger partial charge in [-0.15, -0.1) is 11.3 Å². The van der Waals surface area contributed by atoms with Gasteiger partial charge in [-0.1, -0.05) is 56.7 Å². The molecule has 2 aromatic heterocycles. The van der Waals surface area contributed by atoms with Gasteiger partial charge in [-0.25, -0.2) is 9.97 Å². The van der Waals surface area contributed by atoms with E-state index in [0.29, 0.717) is 55.0 Å². The Morgan fingerprint density at radius 2 is 1.61 bits per heavy atom. The third-order valence-electron chi connectivity index (χ3n) is 13.9. The lowest BCUT2D eigenvalue weighted by molar-refractivity contribution is -0.145. The molecule has 3 atom stereocenters. The Balaban J connectivity index is 0.836. The third kappa shape index (κ3) is 15.1. The average Bonchev–Trinajstić information content (AvgIpc) is 4.01. The van der Waals surface area contributed by atoms with Crippen molar-refractivity contribution >= 4 is 64.4 Å². The molecule has 2 fully saturated rings. The number of pyridine rings is 1. The highest BCUT2D eigenvalue weighted by atomic mass is 32.1. The molecule has 4 heterocycles. The standard InChI is InChI=1S/C57H73N11O8S/c1-34(2)64-46-24-41(23-43(44(46)26-58)54(73)62-29-45-36(4)21-35(3)22-48(45)70)40-13-14-49(60-28-40)67-19-17-66(18-20-67)16-15-59-50(71)31-76-32-51(72)65-53(57(6,7)8)56(75)68-30-42(69)25-47(68)55(74)61-27-38-9-11-39(12-10-38)52-37(5)63-33-77-52/h9-14,21,23-24,26,28,33-34,42,47,53,58,64,69H,15-20,22,25,27,29-32H2,1-8H3,(H,59,71)(H,61,74)(H,62,73)(H,65,72)/t42-,47+,53-/m1/s1. The molecule has 77 heavy (non-hydrogen) atoms. The molecule has 7 rings (SSSR count). The zero-order valence-electron chi connectivity index (χ0n) is 45.4. The first-order valence-corrected chi connectivity index (χ1v) is 27.0. The van der Waals surface area contributed by atoms with Crippen LogP contribution in [0.4, 0.5) is 11.5 Å². The number of Topliss-reactive ketones (excluding diaryl/α,β-unsaturated/α-hetero) is 1. The van der Waals surface area contributed by atoms with E-state index in [-0.39, 0.29) is 50.4 Å². The number of ketones is 1. The molecule has 1 aliphatic carbocycles. The van der Waals surface area contributed by atoms with Crippen LogP contribution in [0.1, 0.15) is 88.5 Å². The number of carbonyl (C=O) groups is 6. The lowest BCUT2D eigenvalue weighted by atomic mass is 9.85. The summed E-state index contributed by atoms with van der Waals surface area (Å²) in [7, 11) is 0.